The van der Waals surface area contributed by atoms with Crippen LogP contribution in [0.2, 0.25) is 8.67 Å². The van der Waals surface area contributed by atoms with Crippen LogP contribution in [0.25, 0.3) is 11.3 Å². The summed E-state index contributed by atoms with van der Waals surface area (Å²) in [4.78, 5) is 0. The van der Waals surface area contributed by atoms with Crippen molar-refractivity contribution < 1.29 is 4.52 Å². The number of hydrogen-bond acceptors (Lipinski definition) is 4. The summed E-state index contributed by atoms with van der Waals surface area (Å²) >= 11 is 13.2. The predicted molar refractivity (Wildman–Crippen MR) is 63.6 cm³/mol. The van der Waals surface area contributed by atoms with Crippen molar-refractivity contribution in [1.82, 2.24) is 5.16 Å². The minimum atomic E-state index is 0.339. The van der Waals surface area contributed by atoms with E-state index >= 15 is 0 Å². The molecule has 0 atom stereocenters. The second kappa shape index (κ2) is 4.04. The zero-order valence-electron chi connectivity index (χ0n) is 7.88. The van der Waals surface area contributed by atoms with Gasteiger partial charge in [-0.25, -0.2) is 0 Å². The molecule has 2 heterocycles. The molecule has 0 amide bonds. The molecule has 80 valence electrons. The predicted octanol–water partition coefficient (Wildman–Crippen LogP) is 3.85. The first-order valence-corrected chi connectivity index (χ1v) is 5.90. The number of nitrogens with zero attached hydrogens (tertiary/aromatic N) is 1. The first-order chi connectivity index (χ1) is 7.13. The molecule has 0 spiro atoms. The second-order valence-corrected chi connectivity index (χ2v) is 5.25. The molecule has 2 aromatic rings. The molecule has 0 aliphatic carbocycles. The van der Waals surface area contributed by atoms with E-state index in [9.17, 15) is 0 Å². The molecule has 0 saturated heterocycles. The maximum atomic E-state index is 6.03. The Bertz CT molecular complexity index is 492. The van der Waals surface area contributed by atoms with Gasteiger partial charge in [0.05, 0.1) is 4.34 Å². The Hall–Kier alpha value is -0.710. The fraction of sp³-hybridized carbons (Fsp3) is 0.222. The fourth-order valence-corrected chi connectivity index (χ4v) is 2.84. The van der Waals surface area contributed by atoms with E-state index in [1.54, 1.807) is 6.07 Å². The number of halogens is 2. The van der Waals surface area contributed by atoms with Crippen molar-refractivity contribution in [3.63, 3.8) is 0 Å². The summed E-state index contributed by atoms with van der Waals surface area (Å²) in [5.41, 5.74) is 7.98. The Morgan fingerprint density at radius 2 is 2.27 bits per heavy atom. The molecule has 0 aromatic carbocycles. The molecule has 0 aliphatic heterocycles. The number of thiophene rings is 1. The Balaban J connectivity index is 2.58. The van der Waals surface area contributed by atoms with Crippen LogP contribution in [0.15, 0.2) is 10.6 Å². The Labute approximate surface area is 101 Å². The lowest BCUT2D eigenvalue weighted by molar-refractivity contribution is 0.438. The van der Waals surface area contributed by atoms with E-state index in [1.807, 2.05) is 6.92 Å². The summed E-state index contributed by atoms with van der Waals surface area (Å²) in [6, 6.07) is 1.77. The summed E-state index contributed by atoms with van der Waals surface area (Å²) in [5.74, 6) is 0.339. The van der Waals surface area contributed by atoms with Gasteiger partial charge in [-0.3, -0.25) is 0 Å². The van der Waals surface area contributed by atoms with Crippen LogP contribution in [0.1, 0.15) is 12.5 Å². The van der Waals surface area contributed by atoms with E-state index < -0.39 is 0 Å². The number of anilines is 1. The number of nitrogens with two attached hydrogens (primary N) is 1. The highest BCUT2D eigenvalue weighted by Gasteiger charge is 2.18. The molecule has 0 radical (unpaired) electrons. The minimum Gasteiger partial charge on any atom is -0.367 e. The molecule has 15 heavy (non-hydrogen) atoms. The normalized spacial score (nSPS) is 10.9. The highest BCUT2D eigenvalue weighted by atomic mass is 35.5. The van der Waals surface area contributed by atoms with Crippen molar-refractivity contribution in [3.05, 3.63) is 20.3 Å². The van der Waals surface area contributed by atoms with Crippen LogP contribution in [0.5, 0.6) is 0 Å². The van der Waals surface area contributed by atoms with Crippen molar-refractivity contribution >= 4 is 40.4 Å². The van der Waals surface area contributed by atoms with E-state index in [-0.39, 0.29) is 0 Å². The molecule has 2 N–H and O–H groups in total. The second-order valence-electron chi connectivity index (χ2n) is 2.97. The van der Waals surface area contributed by atoms with Gasteiger partial charge in [0.2, 0.25) is 5.88 Å². The van der Waals surface area contributed by atoms with Crippen LogP contribution in [-0.2, 0) is 6.42 Å². The Morgan fingerprint density at radius 1 is 1.53 bits per heavy atom. The lowest BCUT2D eigenvalue weighted by atomic mass is 10.1. The summed E-state index contributed by atoms with van der Waals surface area (Å²) in [7, 11) is 0. The SMILES string of the molecule is CCc1c(-c2cc(Cl)sc2Cl)noc1N. The van der Waals surface area contributed by atoms with E-state index in [1.165, 1.54) is 11.3 Å². The molecule has 2 aromatic heterocycles. The number of nitrogen functional groups attached to an aromatic ring is 1. The van der Waals surface area contributed by atoms with Gasteiger partial charge in [-0.1, -0.05) is 35.3 Å². The van der Waals surface area contributed by atoms with Crippen LogP contribution < -0.4 is 5.73 Å². The summed E-state index contributed by atoms with van der Waals surface area (Å²) in [5, 5.41) is 3.89. The average molecular weight is 263 g/mol. The lowest BCUT2D eigenvalue weighted by Gasteiger charge is -1.95. The van der Waals surface area contributed by atoms with Gasteiger partial charge in [0, 0.05) is 11.1 Å². The smallest absolute Gasteiger partial charge is 0.225 e. The number of rotatable bonds is 2. The first kappa shape index (κ1) is 10.8. The van der Waals surface area contributed by atoms with Crippen LogP contribution in [-0.4, -0.2) is 5.16 Å². The van der Waals surface area contributed by atoms with Crippen LogP contribution in [0, 0.1) is 0 Å². The third-order valence-corrected chi connectivity index (χ3v) is 3.57. The molecular weight excluding hydrogens is 255 g/mol. The van der Waals surface area contributed by atoms with E-state index in [2.05, 4.69) is 5.16 Å². The third kappa shape index (κ3) is 1.85. The molecule has 2 rings (SSSR count). The van der Waals surface area contributed by atoms with Gasteiger partial charge in [-0.05, 0) is 12.5 Å². The van der Waals surface area contributed by atoms with Crippen molar-refractivity contribution in [3.8, 4) is 11.3 Å². The summed E-state index contributed by atoms with van der Waals surface area (Å²) in [6.45, 7) is 1.98. The monoisotopic (exact) mass is 262 g/mol. The topological polar surface area (TPSA) is 52.0 Å². The van der Waals surface area contributed by atoms with E-state index in [4.69, 9.17) is 33.5 Å². The molecule has 0 saturated carbocycles. The first-order valence-electron chi connectivity index (χ1n) is 4.32. The highest BCUT2D eigenvalue weighted by molar-refractivity contribution is 7.20. The van der Waals surface area contributed by atoms with E-state index in [0.29, 0.717) is 20.3 Å². The standard InChI is InChI=1S/C9H8Cl2N2OS/c1-2-4-7(13-14-9(4)12)5-3-6(10)15-8(5)11/h3H,2,12H2,1H3. The van der Waals surface area contributed by atoms with Crippen LogP contribution >= 0.6 is 34.5 Å². The van der Waals surface area contributed by atoms with Crippen molar-refractivity contribution in [2.24, 2.45) is 0 Å². The van der Waals surface area contributed by atoms with Gasteiger partial charge in [0.15, 0.2) is 0 Å². The molecule has 6 heteroatoms. The van der Waals surface area contributed by atoms with Crippen molar-refractivity contribution in [2.75, 3.05) is 5.73 Å². The summed E-state index contributed by atoms with van der Waals surface area (Å²) in [6.07, 6.45) is 0.745. The largest absolute Gasteiger partial charge is 0.367 e. The zero-order valence-corrected chi connectivity index (χ0v) is 10.2. The Morgan fingerprint density at radius 3 is 2.80 bits per heavy atom. The zero-order chi connectivity index (χ0) is 11.0. The Kier molecular flexibility index (Phi) is 2.91. The maximum Gasteiger partial charge on any atom is 0.225 e. The van der Waals surface area contributed by atoms with Gasteiger partial charge in [-0.2, -0.15) is 0 Å². The molecule has 0 aliphatic rings. The number of hydrogen-bond donors (Lipinski definition) is 1. The fourth-order valence-electron chi connectivity index (χ4n) is 1.38. The van der Waals surface area contributed by atoms with Crippen molar-refractivity contribution in [1.29, 1.82) is 0 Å². The molecule has 0 bridgehead atoms. The molecule has 0 unspecified atom stereocenters. The van der Waals surface area contributed by atoms with Gasteiger partial charge in [0.25, 0.3) is 0 Å². The van der Waals surface area contributed by atoms with Crippen LogP contribution in [0.3, 0.4) is 0 Å². The van der Waals surface area contributed by atoms with Crippen LogP contribution in [0.4, 0.5) is 5.88 Å². The van der Waals surface area contributed by atoms with Crippen molar-refractivity contribution in [2.45, 2.75) is 13.3 Å². The summed E-state index contributed by atoms with van der Waals surface area (Å²) < 4.78 is 6.16. The highest BCUT2D eigenvalue weighted by Crippen LogP contribution is 2.40. The average Bonchev–Trinajstić information content (AvgIpc) is 2.69. The molecular formula is C9H8Cl2N2OS. The minimum absolute atomic E-state index is 0.339. The quantitative estimate of drug-likeness (QED) is 0.895. The van der Waals surface area contributed by atoms with E-state index in [0.717, 1.165) is 17.5 Å². The number of aromatic nitrogens is 1. The maximum absolute atomic E-state index is 6.03. The molecule has 3 nitrogen and oxygen atoms in total. The van der Waals surface area contributed by atoms with Gasteiger partial charge >= 0.3 is 0 Å². The van der Waals surface area contributed by atoms with Gasteiger partial charge in [0.1, 0.15) is 10.0 Å². The lowest BCUT2D eigenvalue weighted by Crippen LogP contribution is -1.89. The van der Waals surface area contributed by atoms with Gasteiger partial charge < -0.3 is 10.3 Å². The third-order valence-electron chi connectivity index (χ3n) is 2.08. The van der Waals surface area contributed by atoms with Gasteiger partial charge in [-0.15, -0.1) is 11.3 Å². The molecule has 0 fully saturated rings.